The van der Waals surface area contributed by atoms with Gasteiger partial charge in [-0.25, -0.2) is 0 Å². The van der Waals surface area contributed by atoms with E-state index in [1.165, 1.54) is 11.9 Å². The molecule has 0 aliphatic heterocycles. The molecule has 2 aromatic rings. The summed E-state index contributed by atoms with van der Waals surface area (Å²) in [5, 5.41) is 4.32. The number of nitrogens with zero attached hydrogens (tertiary/aromatic N) is 1. The maximum atomic E-state index is 5.97. The molecule has 2 rings (SSSR count). The first kappa shape index (κ1) is 11.8. The predicted molar refractivity (Wildman–Crippen MR) is 69.9 cm³/mol. The van der Waals surface area contributed by atoms with Crippen LogP contribution in [0.4, 0.5) is 5.82 Å². The summed E-state index contributed by atoms with van der Waals surface area (Å²) in [7, 11) is 0. The molecule has 1 aromatic carbocycles. The van der Waals surface area contributed by atoms with Crippen molar-refractivity contribution in [3.05, 3.63) is 39.5 Å². The lowest BCUT2D eigenvalue weighted by Crippen LogP contribution is -1.87. The Labute approximate surface area is 111 Å². The maximum Gasteiger partial charge on any atom is 0.198 e. The minimum Gasteiger partial charge on any atom is -0.358 e. The number of aryl methyl sites for hydroxylation is 1. The molecule has 0 aliphatic carbocycles. The molecule has 0 saturated carbocycles. The van der Waals surface area contributed by atoms with Crippen LogP contribution in [0.5, 0.6) is 0 Å². The van der Waals surface area contributed by atoms with Gasteiger partial charge in [0.2, 0.25) is 0 Å². The van der Waals surface area contributed by atoms with Crippen molar-refractivity contribution in [1.82, 2.24) is 5.16 Å². The first-order chi connectivity index (χ1) is 7.68. The third kappa shape index (κ3) is 2.53. The Morgan fingerprint density at radius 2 is 2.19 bits per heavy atom. The Hall–Kier alpha value is -0.650. The van der Waals surface area contributed by atoms with Crippen LogP contribution in [-0.2, 0) is 0 Å². The highest BCUT2D eigenvalue weighted by molar-refractivity contribution is 9.10. The Balaban J connectivity index is 2.08. The summed E-state index contributed by atoms with van der Waals surface area (Å²) in [5.74, 6) is 1.15. The van der Waals surface area contributed by atoms with Crippen molar-refractivity contribution in [3.8, 4) is 0 Å². The molecule has 1 N–H and O–H groups in total. The van der Waals surface area contributed by atoms with Gasteiger partial charge in [-0.15, -0.1) is 0 Å². The molecule has 0 fully saturated rings. The van der Waals surface area contributed by atoms with E-state index in [0.717, 1.165) is 9.37 Å². The summed E-state index contributed by atoms with van der Waals surface area (Å²) in [4.78, 5) is 1.05. The molecule has 0 bridgehead atoms. The van der Waals surface area contributed by atoms with E-state index in [1.807, 2.05) is 24.3 Å². The van der Waals surface area contributed by atoms with E-state index in [0.29, 0.717) is 16.6 Å². The molecule has 0 unspecified atom stereocenters. The zero-order chi connectivity index (χ0) is 11.5. The third-order valence-electron chi connectivity index (χ3n) is 1.89. The summed E-state index contributed by atoms with van der Waals surface area (Å²) < 4.78 is 9.00. The highest BCUT2D eigenvalue weighted by atomic mass is 79.9. The molecule has 1 aromatic heterocycles. The van der Waals surface area contributed by atoms with Crippen LogP contribution in [0.1, 0.15) is 5.76 Å². The molecular formula is C10H8BrClN2OS. The van der Waals surface area contributed by atoms with Gasteiger partial charge < -0.3 is 9.25 Å². The van der Waals surface area contributed by atoms with Gasteiger partial charge in [0.25, 0.3) is 0 Å². The van der Waals surface area contributed by atoms with Gasteiger partial charge >= 0.3 is 0 Å². The zero-order valence-corrected chi connectivity index (χ0v) is 11.5. The molecule has 3 nitrogen and oxygen atoms in total. The largest absolute Gasteiger partial charge is 0.358 e. The lowest BCUT2D eigenvalue weighted by Gasteiger charge is -2.03. The number of benzene rings is 1. The average molecular weight is 320 g/mol. The quantitative estimate of drug-likeness (QED) is 0.844. The number of anilines is 1. The molecule has 84 valence electrons. The topological polar surface area (TPSA) is 38.1 Å². The predicted octanol–water partition coefficient (Wildman–Crippen LogP) is 4.52. The summed E-state index contributed by atoms with van der Waals surface area (Å²) >= 11 is 10.9. The van der Waals surface area contributed by atoms with E-state index >= 15 is 0 Å². The lowest BCUT2D eigenvalue weighted by atomic mass is 10.4. The van der Waals surface area contributed by atoms with Crippen LogP contribution in [0, 0.1) is 6.92 Å². The third-order valence-corrected chi connectivity index (χ3v) is 4.16. The Bertz CT molecular complexity index is 503. The number of aromatic nitrogens is 1. The van der Waals surface area contributed by atoms with E-state index in [1.54, 1.807) is 6.92 Å². The number of nitrogens with one attached hydrogen (secondary N) is 1. The zero-order valence-electron chi connectivity index (χ0n) is 8.33. The fraction of sp³-hybridized carbons (Fsp3) is 0.100. The van der Waals surface area contributed by atoms with Crippen molar-refractivity contribution in [2.45, 2.75) is 11.8 Å². The number of hydrogen-bond donors (Lipinski definition) is 1. The lowest BCUT2D eigenvalue weighted by molar-refractivity contribution is 0.400. The van der Waals surface area contributed by atoms with Crippen LogP contribution in [-0.4, -0.2) is 5.16 Å². The fourth-order valence-corrected chi connectivity index (χ4v) is 2.41. The Morgan fingerprint density at radius 3 is 2.81 bits per heavy atom. The van der Waals surface area contributed by atoms with Gasteiger partial charge in [-0.2, -0.15) is 0 Å². The van der Waals surface area contributed by atoms with Gasteiger partial charge in [-0.05, 0) is 46.9 Å². The highest BCUT2D eigenvalue weighted by Gasteiger charge is 2.10. The normalized spacial score (nSPS) is 10.4. The van der Waals surface area contributed by atoms with E-state index in [2.05, 4.69) is 25.8 Å². The molecule has 0 amide bonds. The monoisotopic (exact) mass is 318 g/mol. The van der Waals surface area contributed by atoms with Crippen LogP contribution >= 0.6 is 39.5 Å². The molecule has 0 atom stereocenters. The Morgan fingerprint density at radius 1 is 1.44 bits per heavy atom. The van der Waals surface area contributed by atoms with E-state index in [-0.39, 0.29) is 0 Å². The Kier molecular flexibility index (Phi) is 3.78. The molecule has 1 heterocycles. The number of halogens is 2. The number of rotatable bonds is 3. The van der Waals surface area contributed by atoms with Crippen LogP contribution in [0.2, 0.25) is 5.02 Å². The average Bonchev–Trinajstić information content (AvgIpc) is 2.59. The first-order valence-corrected chi connectivity index (χ1v) is 6.46. The molecular weight excluding hydrogens is 312 g/mol. The van der Waals surface area contributed by atoms with Crippen molar-refractivity contribution < 1.29 is 4.52 Å². The highest BCUT2D eigenvalue weighted by Crippen LogP contribution is 2.31. The van der Waals surface area contributed by atoms with Crippen LogP contribution in [0.3, 0.4) is 0 Å². The SMILES string of the molecule is Cc1onc(NSc2ccccc2Br)c1Cl. The number of hydrogen-bond acceptors (Lipinski definition) is 4. The van der Waals surface area contributed by atoms with Crippen molar-refractivity contribution in [3.63, 3.8) is 0 Å². The molecule has 0 saturated heterocycles. The second kappa shape index (κ2) is 5.12. The van der Waals surface area contributed by atoms with Gasteiger partial charge in [0.1, 0.15) is 5.02 Å². The summed E-state index contributed by atoms with van der Waals surface area (Å²) in [6.45, 7) is 1.77. The first-order valence-electron chi connectivity index (χ1n) is 4.47. The van der Waals surface area contributed by atoms with Crippen molar-refractivity contribution in [1.29, 1.82) is 0 Å². The van der Waals surface area contributed by atoms with E-state index < -0.39 is 0 Å². The van der Waals surface area contributed by atoms with Crippen molar-refractivity contribution in [2.75, 3.05) is 4.72 Å². The minimum absolute atomic E-state index is 0.513. The van der Waals surface area contributed by atoms with Crippen LogP contribution in [0.15, 0.2) is 38.2 Å². The molecule has 0 spiro atoms. The second-order valence-corrected chi connectivity index (χ2v) is 5.12. The van der Waals surface area contributed by atoms with Crippen molar-refractivity contribution >= 4 is 45.3 Å². The molecule has 0 aliphatic rings. The van der Waals surface area contributed by atoms with Gasteiger partial charge in [0.15, 0.2) is 11.6 Å². The van der Waals surface area contributed by atoms with Crippen LogP contribution < -0.4 is 4.72 Å². The van der Waals surface area contributed by atoms with E-state index in [9.17, 15) is 0 Å². The summed E-state index contributed by atoms with van der Waals surface area (Å²) in [5.41, 5.74) is 0. The molecule has 16 heavy (non-hydrogen) atoms. The molecule has 0 radical (unpaired) electrons. The van der Waals surface area contributed by atoms with Gasteiger partial charge in [-0.1, -0.05) is 28.9 Å². The fourth-order valence-electron chi connectivity index (χ4n) is 1.06. The smallest absolute Gasteiger partial charge is 0.198 e. The summed E-state index contributed by atoms with van der Waals surface area (Å²) in [6, 6.07) is 7.88. The minimum atomic E-state index is 0.513. The van der Waals surface area contributed by atoms with Gasteiger partial charge in [-0.3, -0.25) is 0 Å². The standard InChI is InChI=1S/C10H8BrClN2OS/c1-6-9(12)10(13-15-6)14-16-8-5-3-2-4-7(8)11/h2-5H,1H3,(H,13,14). The molecule has 6 heteroatoms. The van der Waals surface area contributed by atoms with Gasteiger partial charge in [0, 0.05) is 9.37 Å². The van der Waals surface area contributed by atoms with Crippen molar-refractivity contribution in [2.24, 2.45) is 0 Å². The maximum absolute atomic E-state index is 5.97. The van der Waals surface area contributed by atoms with Gasteiger partial charge in [0.05, 0.1) is 0 Å². The second-order valence-electron chi connectivity index (χ2n) is 3.04. The van der Waals surface area contributed by atoms with E-state index in [4.69, 9.17) is 16.1 Å². The summed E-state index contributed by atoms with van der Waals surface area (Å²) in [6.07, 6.45) is 0. The van der Waals surface area contributed by atoms with Crippen LogP contribution in [0.25, 0.3) is 0 Å².